The van der Waals surface area contributed by atoms with Gasteiger partial charge in [-0.3, -0.25) is 5.32 Å². The van der Waals surface area contributed by atoms with Crippen molar-refractivity contribution in [2.24, 2.45) is 10.7 Å². The number of rotatable bonds is 5. The van der Waals surface area contributed by atoms with Crippen molar-refractivity contribution < 1.29 is 9.53 Å². The summed E-state index contributed by atoms with van der Waals surface area (Å²) in [5, 5.41) is 2.64. The van der Waals surface area contributed by atoms with Gasteiger partial charge in [0, 0.05) is 5.69 Å². The molecule has 3 N–H and O–H groups in total. The second kappa shape index (κ2) is 8.05. The summed E-state index contributed by atoms with van der Waals surface area (Å²) in [7, 11) is 0. The fraction of sp³-hybridized carbons (Fsp3) is 0.125. The highest BCUT2D eigenvalue weighted by Crippen LogP contribution is 2.16. The van der Waals surface area contributed by atoms with E-state index < -0.39 is 6.09 Å². The van der Waals surface area contributed by atoms with E-state index in [-0.39, 0.29) is 12.5 Å². The Morgan fingerprint density at radius 2 is 1.82 bits per heavy atom. The largest absolute Gasteiger partial charge is 0.444 e. The molecule has 5 nitrogen and oxygen atoms in total. The first kappa shape index (κ1) is 15.9. The van der Waals surface area contributed by atoms with Gasteiger partial charge in [0.05, 0.1) is 11.6 Å². The summed E-state index contributed by atoms with van der Waals surface area (Å²) in [6, 6.07) is 16.4. The zero-order valence-corrected chi connectivity index (χ0v) is 12.6. The Labute approximate surface area is 133 Å². The number of hydrogen-bond acceptors (Lipinski definition) is 3. The number of alkyl halides is 1. The lowest BCUT2D eigenvalue weighted by Gasteiger charge is -2.07. The number of aliphatic imine (C=N–C) groups is 1. The van der Waals surface area contributed by atoms with Crippen molar-refractivity contribution in [2.75, 3.05) is 11.2 Å². The maximum Gasteiger partial charge on any atom is 0.411 e. The predicted molar refractivity (Wildman–Crippen MR) is 88.7 cm³/mol. The number of carbonyl (C=O) groups excluding carboxylic acids is 1. The molecular formula is C16H16ClN3O2. The number of benzene rings is 2. The minimum absolute atomic E-state index is 0.172. The molecule has 114 valence electrons. The van der Waals surface area contributed by atoms with E-state index >= 15 is 0 Å². The molecule has 2 rings (SSSR count). The van der Waals surface area contributed by atoms with Crippen LogP contribution in [0.4, 0.5) is 16.2 Å². The minimum atomic E-state index is -0.514. The number of nitrogens with two attached hydrogens (primary N) is 1. The summed E-state index contributed by atoms with van der Waals surface area (Å²) in [4.78, 5) is 15.8. The van der Waals surface area contributed by atoms with Gasteiger partial charge in [0.25, 0.3) is 0 Å². The maximum atomic E-state index is 11.7. The minimum Gasteiger partial charge on any atom is -0.444 e. The van der Waals surface area contributed by atoms with Crippen LogP contribution in [-0.2, 0) is 11.3 Å². The summed E-state index contributed by atoms with van der Waals surface area (Å²) >= 11 is 5.56. The van der Waals surface area contributed by atoms with Gasteiger partial charge >= 0.3 is 6.09 Å². The number of ether oxygens (including phenoxy) is 1. The first-order valence-electron chi connectivity index (χ1n) is 6.64. The van der Waals surface area contributed by atoms with E-state index in [0.29, 0.717) is 17.2 Å². The molecule has 0 aliphatic carbocycles. The molecule has 2 aromatic rings. The zero-order chi connectivity index (χ0) is 15.8. The van der Waals surface area contributed by atoms with Crippen LogP contribution in [0.25, 0.3) is 0 Å². The van der Waals surface area contributed by atoms with Gasteiger partial charge in [-0.1, -0.05) is 30.3 Å². The lowest BCUT2D eigenvalue weighted by molar-refractivity contribution is 0.155. The first-order valence-corrected chi connectivity index (χ1v) is 7.17. The van der Waals surface area contributed by atoms with Crippen LogP contribution in [0.3, 0.4) is 0 Å². The molecule has 0 bridgehead atoms. The highest BCUT2D eigenvalue weighted by atomic mass is 35.5. The van der Waals surface area contributed by atoms with Crippen LogP contribution in [0.1, 0.15) is 5.56 Å². The number of amidine groups is 1. The van der Waals surface area contributed by atoms with Gasteiger partial charge in [0.1, 0.15) is 12.4 Å². The van der Waals surface area contributed by atoms with Crippen molar-refractivity contribution in [2.45, 2.75) is 6.61 Å². The van der Waals surface area contributed by atoms with Gasteiger partial charge in [0.15, 0.2) is 0 Å². The monoisotopic (exact) mass is 317 g/mol. The smallest absolute Gasteiger partial charge is 0.411 e. The number of carbonyl (C=O) groups is 1. The first-order chi connectivity index (χ1) is 10.7. The van der Waals surface area contributed by atoms with Gasteiger partial charge in [-0.25, -0.2) is 9.79 Å². The normalized spacial score (nSPS) is 11.0. The summed E-state index contributed by atoms with van der Waals surface area (Å²) < 4.78 is 5.13. The molecule has 1 amide bonds. The topological polar surface area (TPSA) is 76.7 Å². The summed E-state index contributed by atoms with van der Waals surface area (Å²) in [6.07, 6.45) is -0.514. The van der Waals surface area contributed by atoms with Crippen LogP contribution in [-0.4, -0.2) is 17.8 Å². The molecule has 0 saturated carbocycles. The van der Waals surface area contributed by atoms with Crippen LogP contribution in [0, 0.1) is 0 Å². The molecule has 22 heavy (non-hydrogen) atoms. The Bertz CT molecular complexity index is 642. The van der Waals surface area contributed by atoms with Gasteiger partial charge in [-0.05, 0) is 29.8 Å². The number of anilines is 1. The molecular weight excluding hydrogens is 302 g/mol. The van der Waals surface area contributed by atoms with Gasteiger partial charge in [-0.15, -0.1) is 11.6 Å². The van der Waals surface area contributed by atoms with Gasteiger partial charge < -0.3 is 10.5 Å². The van der Waals surface area contributed by atoms with Crippen LogP contribution in [0.5, 0.6) is 0 Å². The molecule has 0 aliphatic heterocycles. The summed E-state index contributed by atoms with van der Waals surface area (Å²) in [5.41, 5.74) is 7.76. The maximum absolute atomic E-state index is 11.7. The third-order valence-corrected chi connectivity index (χ3v) is 3.01. The van der Waals surface area contributed by atoms with E-state index in [9.17, 15) is 4.79 Å². The Hall–Kier alpha value is -2.53. The van der Waals surface area contributed by atoms with Crippen molar-refractivity contribution in [3.8, 4) is 0 Å². The molecule has 0 aliphatic rings. The van der Waals surface area contributed by atoms with Crippen molar-refractivity contribution >= 4 is 34.9 Å². The Morgan fingerprint density at radius 1 is 1.14 bits per heavy atom. The third kappa shape index (κ3) is 5.10. The summed E-state index contributed by atoms with van der Waals surface area (Å²) in [5.74, 6) is 0.510. The number of nitrogens with zero attached hydrogens (tertiary/aromatic N) is 1. The van der Waals surface area contributed by atoms with Crippen LogP contribution in [0.15, 0.2) is 59.6 Å². The standard InChI is InChI=1S/C16H16ClN3O2/c17-10-15(18)19-13-6-8-14(9-7-13)20-16(21)22-11-12-4-2-1-3-5-12/h1-9H,10-11H2,(H2,18,19)(H,20,21). The van der Waals surface area contributed by atoms with Gasteiger partial charge in [-0.2, -0.15) is 0 Å². The average Bonchev–Trinajstić information content (AvgIpc) is 2.55. The number of halogens is 1. The van der Waals surface area contributed by atoms with Crippen molar-refractivity contribution in [1.29, 1.82) is 0 Å². The molecule has 2 aromatic carbocycles. The lowest BCUT2D eigenvalue weighted by Crippen LogP contribution is -2.13. The highest BCUT2D eigenvalue weighted by molar-refractivity contribution is 6.28. The number of nitrogens with one attached hydrogen (secondary N) is 1. The van der Waals surface area contributed by atoms with E-state index in [1.54, 1.807) is 24.3 Å². The lowest BCUT2D eigenvalue weighted by atomic mass is 10.2. The molecule has 6 heteroatoms. The molecule has 0 radical (unpaired) electrons. The fourth-order valence-electron chi connectivity index (χ4n) is 1.69. The van der Waals surface area contributed by atoms with E-state index in [4.69, 9.17) is 22.1 Å². The molecule has 0 heterocycles. The average molecular weight is 318 g/mol. The molecule has 0 spiro atoms. The summed E-state index contributed by atoms with van der Waals surface area (Å²) in [6.45, 7) is 0.224. The highest BCUT2D eigenvalue weighted by Gasteiger charge is 2.03. The predicted octanol–water partition coefficient (Wildman–Crippen LogP) is 3.66. The molecule has 0 unspecified atom stereocenters. The molecule has 0 atom stereocenters. The SMILES string of the molecule is NC(CCl)=Nc1ccc(NC(=O)OCc2ccccc2)cc1. The number of amides is 1. The fourth-order valence-corrected chi connectivity index (χ4v) is 1.75. The van der Waals surface area contributed by atoms with Crippen molar-refractivity contribution in [3.05, 3.63) is 60.2 Å². The Morgan fingerprint density at radius 3 is 2.45 bits per heavy atom. The van der Waals surface area contributed by atoms with Crippen LogP contribution < -0.4 is 11.1 Å². The second-order valence-electron chi connectivity index (χ2n) is 4.47. The van der Waals surface area contributed by atoms with Crippen LogP contribution in [0.2, 0.25) is 0 Å². The zero-order valence-electron chi connectivity index (χ0n) is 11.8. The Balaban J connectivity index is 1.86. The quantitative estimate of drug-likeness (QED) is 0.502. The van der Waals surface area contributed by atoms with E-state index in [1.807, 2.05) is 30.3 Å². The second-order valence-corrected chi connectivity index (χ2v) is 4.74. The Kier molecular flexibility index (Phi) is 5.80. The molecule has 0 aromatic heterocycles. The van der Waals surface area contributed by atoms with Crippen molar-refractivity contribution in [1.82, 2.24) is 0 Å². The number of hydrogen-bond donors (Lipinski definition) is 2. The van der Waals surface area contributed by atoms with Crippen molar-refractivity contribution in [3.63, 3.8) is 0 Å². The third-order valence-electron chi connectivity index (χ3n) is 2.74. The van der Waals surface area contributed by atoms with E-state index in [2.05, 4.69) is 10.3 Å². The molecule has 0 saturated heterocycles. The van der Waals surface area contributed by atoms with E-state index in [1.165, 1.54) is 0 Å². The molecule has 0 fully saturated rings. The van der Waals surface area contributed by atoms with E-state index in [0.717, 1.165) is 5.56 Å². The van der Waals surface area contributed by atoms with Crippen LogP contribution >= 0.6 is 11.6 Å². The van der Waals surface area contributed by atoms with Gasteiger partial charge in [0.2, 0.25) is 0 Å².